The quantitative estimate of drug-likeness (QED) is 0.245. The Morgan fingerprint density at radius 2 is 2.05 bits per heavy atom. The summed E-state index contributed by atoms with van der Waals surface area (Å²) in [4.78, 5) is 22.1. The first kappa shape index (κ1) is 27.1. The Balaban J connectivity index is 1.36. The van der Waals surface area contributed by atoms with Crippen molar-refractivity contribution in [2.75, 3.05) is 18.5 Å². The van der Waals surface area contributed by atoms with Gasteiger partial charge in [0.25, 0.3) is 0 Å². The number of thiophene rings is 1. The minimum absolute atomic E-state index is 0.138. The second-order valence-corrected chi connectivity index (χ2v) is 12.2. The lowest BCUT2D eigenvalue weighted by atomic mass is 9.91. The zero-order chi connectivity index (χ0) is 27.0. The van der Waals surface area contributed by atoms with Gasteiger partial charge in [-0.2, -0.15) is 8.42 Å². The molecule has 11 nitrogen and oxygen atoms in total. The number of hydrogen-bond acceptors (Lipinski definition) is 11. The zero-order valence-corrected chi connectivity index (χ0v) is 22.3. The standard InChI is InChI=1S/C24H26ClN5O6S2/c25-23-15(19-14-4-2-1-3-12(14)5-6-28-19)8-18(37-23)21(32)16-9-27-11-29-24(16)30-17-7-13(20(31)22(17)33)10-36-38(26,34)35/h1-4,8-9,11,13,17,19-20,22,28,31,33H,5-7,10H2,(H2,26,34,35)(H,27,29,30)/t13-,17-,19+,20-,22+/m1/s1. The maximum absolute atomic E-state index is 13.6. The first-order valence-corrected chi connectivity index (χ1v) is 14.5. The van der Waals surface area contributed by atoms with Crippen LogP contribution in [0.1, 0.15) is 44.4 Å². The summed E-state index contributed by atoms with van der Waals surface area (Å²) in [5.41, 5.74) is 3.34. The van der Waals surface area contributed by atoms with Gasteiger partial charge in [-0.25, -0.2) is 15.1 Å². The third kappa shape index (κ3) is 5.60. The van der Waals surface area contributed by atoms with Crippen LogP contribution >= 0.6 is 22.9 Å². The molecule has 1 saturated carbocycles. The number of halogens is 1. The van der Waals surface area contributed by atoms with E-state index in [1.54, 1.807) is 6.07 Å². The van der Waals surface area contributed by atoms with Crippen molar-refractivity contribution in [3.05, 3.63) is 74.3 Å². The summed E-state index contributed by atoms with van der Waals surface area (Å²) in [7, 11) is -4.20. The SMILES string of the molecule is NS(=O)(=O)OC[C@H]1C[C@@H](Nc2ncncc2C(=O)c2cc([C@H]3NCCc4ccccc43)c(Cl)s2)[C@H](O)[C@@H]1O. The Bertz CT molecular complexity index is 1450. The molecule has 0 bridgehead atoms. The highest BCUT2D eigenvalue weighted by Crippen LogP contribution is 2.39. The van der Waals surface area contributed by atoms with Gasteiger partial charge in [0.1, 0.15) is 18.2 Å². The van der Waals surface area contributed by atoms with Crippen LogP contribution in [0, 0.1) is 5.92 Å². The fourth-order valence-electron chi connectivity index (χ4n) is 5.01. The fourth-order valence-corrected chi connectivity index (χ4v) is 6.66. The lowest BCUT2D eigenvalue weighted by Crippen LogP contribution is -2.36. The molecule has 0 amide bonds. The van der Waals surface area contributed by atoms with Crippen molar-refractivity contribution < 1.29 is 27.6 Å². The topological polar surface area (TPSA) is 177 Å². The summed E-state index contributed by atoms with van der Waals surface area (Å²) in [6.07, 6.45) is 1.17. The average Bonchev–Trinajstić information content (AvgIpc) is 3.41. The number of rotatable bonds is 8. The van der Waals surface area contributed by atoms with Crippen molar-refractivity contribution in [1.82, 2.24) is 15.3 Å². The molecule has 5 rings (SSSR count). The largest absolute Gasteiger partial charge is 0.390 e. The highest BCUT2D eigenvalue weighted by molar-refractivity contribution is 7.84. The van der Waals surface area contributed by atoms with Crippen molar-refractivity contribution >= 4 is 44.8 Å². The minimum Gasteiger partial charge on any atom is -0.390 e. The molecular formula is C24H26ClN5O6S2. The van der Waals surface area contributed by atoms with Gasteiger partial charge in [-0.15, -0.1) is 11.3 Å². The number of nitrogens with two attached hydrogens (primary N) is 1. The van der Waals surface area contributed by atoms with Crippen LogP contribution in [0.25, 0.3) is 0 Å². The number of aromatic nitrogens is 2. The van der Waals surface area contributed by atoms with Gasteiger partial charge in [0.2, 0.25) is 5.78 Å². The molecule has 0 spiro atoms. The van der Waals surface area contributed by atoms with Gasteiger partial charge < -0.3 is 20.8 Å². The zero-order valence-electron chi connectivity index (χ0n) is 20.0. The fraction of sp³-hybridized carbons (Fsp3) is 0.375. The number of carbonyl (C=O) groups is 1. The molecule has 1 aliphatic carbocycles. The lowest BCUT2D eigenvalue weighted by Gasteiger charge is -2.26. The maximum Gasteiger partial charge on any atom is 0.333 e. The van der Waals surface area contributed by atoms with Crippen LogP contribution in [0.3, 0.4) is 0 Å². The van der Waals surface area contributed by atoms with Crippen LogP contribution in [-0.4, -0.2) is 65.8 Å². The smallest absolute Gasteiger partial charge is 0.333 e. The summed E-state index contributed by atoms with van der Waals surface area (Å²) < 4.78 is 27.3. The number of nitrogens with zero attached hydrogens (tertiary/aromatic N) is 2. The summed E-state index contributed by atoms with van der Waals surface area (Å²) in [5, 5.41) is 32.2. The third-order valence-corrected chi connectivity index (χ3v) is 8.74. The van der Waals surface area contributed by atoms with Crippen molar-refractivity contribution in [2.45, 2.75) is 37.1 Å². The van der Waals surface area contributed by atoms with E-state index in [-0.39, 0.29) is 36.2 Å². The van der Waals surface area contributed by atoms with Crippen molar-refractivity contribution in [2.24, 2.45) is 11.1 Å². The molecule has 5 atom stereocenters. The summed E-state index contributed by atoms with van der Waals surface area (Å²) in [6.45, 7) is 0.399. The molecule has 1 aromatic carbocycles. The number of fused-ring (bicyclic) bond motifs is 1. The molecule has 0 radical (unpaired) electrons. The van der Waals surface area contributed by atoms with Gasteiger partial charge in [-0.1, -0.05) is 35.9 Å². The Kier molecular flexibility index (Phi) is 7.80. The third-order valence-electron chi connectivity index (χ3n) is 6.88. The monoisotopic (exact) mass is 579 g/mol. The molecular weight excluding hydrogens is 554 g/mol. The maximum atomic E-state index is 13.6. The van der Waals surface area contributed by atoms with Gasteiger partial charge in [0, 0.05) is 24.2 Å². The minimum atomic E-state index is -4.20. The van der Waals surface area contributed by atoms with E-state index in [0.717, 1.165) is 24.1 Å². The van der Waals surface area contributed by atoms with E-state index < -0.39 is 34.5 Å². The average molecular weight is 580 g/mol. The van der Waals surface area contributed by atoms with Gasteiger partial charge in [0.05, 0.1) is 39.6 Å². The van der Waals surface area contributed by atoms with Crippen LogP contribution in [0.2, 0.25) is 4.34 Å². The predicted molar refractivity (Wildman–Crippen MR) is 141 cm³/mol. The van der Waals surface area contributed by atoms with E-state index in [9.17, 15) is 23.4 Å². The Labute approximate surface area is 228 Å². The molecule has 202 valence electrons. The van der Waals surface area contributed by atoms with Gasteiger partial charge in [0.15, 0.2) is 0 Å². The van der Waals surface area contributed by atoms with E-state index in [4.69, 9.17) is 16.7 Å². The van der Waals surface area contributed by atoms with Crippen LogP contribution in [0.5, 0.6) is 0 Å². The molecule has 0 unspecified atom stereocenters. The molecule has 6 N–H and O–H groups in total. The number of benzene rings is 1. The van der Waals surface area contributed by atoms with E-state index in [1.165, 1.54) is 29.4 Å². The lowest BCUT2D eigenvalue weighted by molar-refractivity contribution is 0.00778. The van der Waals surface area contributed by atoms with Crippen molar-refractivity contribution in [1.29, 1.82) is 0 Å². The first-order valence-electron chi connectivity index (χ1n) is 11.9. The van der Waals surface area contributed by atoms with E-state index in [2.05, 4.69) is 36.9 Å². The highest BCUT2D eigenvalue weighted by atomic mass is 35.5. The predicted octanol–water partition coefficient (Wildman–Crippen LogP) is 1.40. The molecule has 2 aromatic heterocycles. The normalized spacial score (nSPS) is 25.2. The van der Waals surface area contributed by atoms with Gasteiger partial charge >= 0.3 is 10.3 Å². The summed E-state index contributed by atoms with van der Waals surface area (Å²) in [5.74, 6) is -0.884. The molecule has 2 aliphatic rings. The van der Waals surface area contributed by atoms with E-state index in [1.807, 2.05) is 12.1 Å². The molecule has 14 heteroatoms. The molecule has 1 fully saturated rings. The van der Waals surface area contributed by atoms with Crippen LogP contribution in [-0.2, 0) is 20.9 Å². The number of carbonyl (C=O) groups excluding carboxylic acids is 1. The summed E-state index contributed by atoms with van der Waals surface area (Å²) >= 11 is 7.79. The van der Waals surface area contributed by atoms with Gasteiger partial charge in [-0.05, 0) is 30.0 Å². The van der Waals surface area contributed by atoms with Crippen molar-refractivity contribution in [3.8, 4) is 0 Å². The van der Waals surface area contributed by atoms with E-state index >= 15 is 0 Å². The Hall–Kier alpha value is -2.49. The first-order chi connectivity index (χ1) is 18.1. The summed E-state index contributed by atoms with van der Waals surface area (Å²) in [6, 6.07) is 9.04. The number of hydrogen-bond donors (Lipinski definition) is 5. The molecule has 3 heterocycles. The number of aliphatic hydroxyl groups excluding tert-OH is 2. The van der Waals surface area contributed by atoms with Crippen LogP contribution < -0.4 is 15.8 Å². The number of aliphatic hydroxyl groups is 2. The Morgan fingerprint density at radius 1 is 1.26 bits per heavy atom. The second kappa shape index (κ2) is 10.9. The van der Waals surface area contributed by atoms with Crippen LogP contribution in [0.15, 0.2) is 42.9 Å². The second-order valence-electron chi connectivity index (χ2n) is 9.29. The molecule has 1 aliphatic heterocycles. The number of anilines is 1. The van der Waals surface area contributed by atoms with Crippen LogP contribution in [0.4, 0.5) is 5.82 Å². The van der Waals surface area contributed by atoms with Gasteiger partial charge in [-0.3, -0.25) is 8.98 Å². The molecule has 0 saturated heterocycles. The van der Waals surface area contributed by atoms with E-state index in [0.29, 0.717) is 9.21 Å². The van der Waals surface area contributed by atoms with Crippen molar-refractivity contribution in [3.63, 3.8) is 0 Å². The highest BCUT2D eigenvalue weighted by Gasteiger charge is 2.42. The number of ketones is 1. The molecule has 3 aromatic rings. The Morgan fingerprint density at radius 3 is 2.84 bits per heavy atom. The number of nitrogens with one attached hydrogen (secondary N) is 2. The molecule has 38 heavy (non-hydrogen) atoms.